The Morgan fingerprint density at radius 1 is 1.24 bits per heavy atom. The fraction of sp³-hybridized carbons (Fsp3) is 0.526. The second-order valence-corrected chi connectivity index (χ2v) is 7.80. The summed E-state index contributed by atoms with van der Waals surface area (Å²) in [5.41, 5.74) is 1.51. The number of nitrogens with zero attached hydrogens (tertiary/aromatic N) is 5. The van der Waals surface area contributed by atoms with E-state index >= 15 is 0 Å². The van der Waals surface area contributed by atoms with Gasteiger partial charge in [-0.25, -0.2) is 9.97 Å². The number of likely N-dealkylation sites (tertiary alicyclic amines) is 1. The van der Waals surface area contributed by atoms with Crippen molar-refractivity contribution in [2.24, 2.45) is 10.4 Å². The molecule has 1 saturated heterocycles. The van der Waals surface area contributed by atoms with Crippen molar-refractivity contribution < 1.29 is 0 Å². The largest absolute Gasteiger partial charge is 0.352 e. The van der Waals surface area contributed by atoms with Crippen molar-refractivity contribution in [2.45, 2.75) is 46.7 Å². The number of aryl methyl sites for hydroxylation is 1. The molecule has 1 N–H and O–H groups in total. The topological polar surface area (TPSA) is 58.3 Å². The molecule has 1 aliphatic rings. The van der Waals surface area contributed by atoms with Crippen LogP contribution in [-0.2, 0) is 6.54 Å². The molecule has 0 atom stereocenters. The summed E-state index contributed by atoms with van der Waals surface area (Å²) in [6, 6.07) is 4.11. The van der Waals surface area contributed by atoms with Gasteiger partial charge in [0.2, 0.25) is 0 Å². The fourth-order valence-corrected chi connectivity index (χ4v) is 3.16. The zero-order valence-corrected chi connectivity index (χ0v) is 16.0. The van der Waals surface area contributed by atoms with Crippen molar-refractivity contribution in [3.63, 3.8) is 0 Å². The first-order valence-corrected chi connectivity index (χ1v) is 8.70. The molecule has 0 spiro atoms. The van der Waals surface area contributed by atoms with Gasteiger partial charge in [-0.05, 0) is 32.4 Å². The van der Waals surface area contributed by atoms with Crippen LogP contribution >= 0.6 is 0 Å². The zero-order chi connectivity index (χ0) is 18.2. The minimum atomic E-state index is 0.0932. The van der Waals surface area contributed by atoms with Gasteiger partial charge in [0.25, 0.3) is 0 Å². The SMILES string of the molecule is CN=C(NCc1ccc(-n2ccnc2C)nc1)N1CC(C)(C)C1(C)C. The predicted octanol–water partition coefficient (Wildman–Crippen LogP) is 2.77. The highest BCUT2D eigenvalue weighted by Crippen LogP contribution is 2.46. The van der Waals surface area contributed by atoms with Crippen LogP contribution in [0.5, 0.6) is 0 Å². The third kappa shape index (κ3) is 3.01. The highest BCUT2D eigenvalue weighted by Gasteiger charge is 2.53. The lowest BCUT2D eigenvalue weighted by Crippen LogP contribution is -2.72. The van der Waals surface area contributed by atoms with Gasteiger partial charge in [-0.15, -0.1) is 0 Å². The van der Waals surface area contributed by atoms with Gasteiger partial charge in [0.15, 0.2) is 5.96 Å². The number of imidazole rings is 1. The van der Waals surface area contributed by atoms with Crippen molar-refractivity contribution in [3.05, 3.63) is 42.1 Å². The van der Waals surface area contributed by atoms with Gasteiger partial charge in [0.05, 0.1) is 0 Å². The normalized spacial score (nSPS) is 18.8. The van der Waals surface area contributed by atoms with E-state index in [0.717, 1.165) is 29.7 Å². The van der Waals surface area contributed by atoms with Crippen LogP contribution in [0.1, 0.15) is 39.1 Å². The fourth-order valence-electron chi connectivity index (χ4n) is 3.16. The van der Waals surface area contributed by atoms with Crippen molar-refractivity contribution in [3.8, 4) is 5.82 Å². The standard InChI is InChI=1S/C19H28N6/c1-14-21-9-10-24(14)16-8-7-15(11-22-16)12-23-17(20-6)25-13-18(2,3)19(25,4)5/h7-11H,12-13H2,1-6H3,(H,20,23). The molecule has 0 saturated carbocycles. The monoisotopic (exact) mass is 340 g/mol. The molecule has 0 radical (unpaired) electrons. The molecule has 3 rings (SSSR count). The molecule has 0 amide bonds. The first-order chi connectivity index (χ1) is 11.8. The molecule has 0 aliphatic carbocycles. The van der Waals surface area contributed by atoms with Gasteiger partial charge < -0.3 is 10.2 Å². The average Bonchev–Trinajstić information content (AvgIpc) is 3.01. The van der Waals surface area contributed by atoms with Gasteiger partial charge in [-0.2, -0.15) is 0 Å². The van der Waals surface area contributed by atoms with Crippen LogP contribution in [0.15, 0.2) is 35.7 Å². The Morgan fingerprint density at radius 2 is 2.00 bits per heavy atom. The summed E-state index contributed by atoms with van der Waals surface area (Å²) in [6.45, 7) is 12.8. The van der Waals surface area contributed by atoms with E-state index in [1.54, 1.807) is 6.20 Å². The predicted molar refractivity (Wildman–Crippen MR) is 101 cm³/mol. The zero-order valence-electron chi connectivity index (χ0n) is 16.0. The van der Waals surface area contributed by atoms with Crippen LogP contribution in [0.4, 0.5) is 0 Å². The maximum Gasteiger partial charge on any atom is 0.194 e. The molecule has 1 aliphatic heterocycles. The van der Waals surface area contributed by atoms with E-state index in [1.807, 2.05) is 37.0 Å². The van der Waals surface area contributed by atoms with Crippen LogP contribution in [0, 0.1) is 12.3 Å². The molecular formula is C19H28N6. The number of nitrogens with one attached hydrogen (secondary N) is 1. The second kappa shape index (κ2) is 6.17. The minimum absolute atomic E-state index is 0.0932. The van der Waals surface area contributed by atoms with E-state index in [2.05, 4.69) is 58.9 Å². The van der Waals surface area contributed by atoms with Crippen molar-refractivity contribution in [2.75, 3.05) is 13.6 Å². The van der Waals surface area contributed by atoms with Gasteiger partial charge >= 0.3 is 0 Å². The van der Waals surface area contributed by atoms with E-state index in [9.17, 15) is 0 Å². The summed E-state index contributed by atoms with van der Waals surface area (Å²) in [7, 11) is 1.84. The van der Waals surface area contributed by atoms with Crippen LogP contribution in [-0.4, -0.2) is 44.5 Å². The molecule has 6 heteroatoms. The Balaban J connectivity index is 1.64. The Morgan fingerprint density at radius 3 is 2.48 bits per heavy atom. The number of hydrogen-bond donors (Lipinski definition) is 1. The van der Waals surface area contributed by atoms with Gasteiger partial charge in [-0.1, -0.05) is 19.9 Å². The first kappa shape index (κ1) is 17.5. The van der Waals surface area contributed by atoms with Crippen LogP contribution in [0.2, 0.25) is 0 Å². The maximum absolute atomic E-state index is 4.55. The molecule has 3 heterocycles. The Hall–Kier alpha value is -2.37. The van der Waals surface area contributed by atoms with Crippen molar-refractivity contribution >= 4 is 5.96 Å². The highest BCUT2D eigenvalue weighted by atomic mass is 15.4. The van der Waals surface area contributed by atoms with Gasteiger partial charge in [0.1, 0.15) is 11.6 Å². The molecule has 1 fully saturated rings. The lowest BCUT2D eigenvalue weighted by molar-refractivity contribution is -0.0667. The van der Waals surface area contributed by atoms with Crippen LogP contribution in [0.3, 0.4) is 0 Å². The Labute approximate surface area is 150 Å². The minimum Gasteiger partial charge on any atom is -0.352 e. The van der Waals surface area contributed by atoms with E-state index in [0.29, 0.717) is 6.54 Å². The first-order valence-electron chi connectivity index (χ1n) is 8.70. The van der Waals surface area contributed by atoms with E-state index in [4.69, 9.17) is 0 Å². The molecular weight excluding hydrogens is 312 g/mol. The molecule has 0 aromatic carbocycles. The Kier molecular flexibility index (Phi) is 4.31. The summed E-state index contributed by atoms with van der Waals surface area (Å²) in [5, 5.41) is 3.46. The summed E-state index contributed by atoms with van der Waals surface area (Å²) >= 11 is 0. The van der Waals surface area contributed by atoms with E-state index < -0.39 is 0 Å². The van der Waals surface area contributed by atoms with Crippen LogP contribution < -0.4 is 5.32 Å². The lowest BCUT2D eigenvalue weighted by Gasteiger charge is -2.62. The summed E-state index contributed by atoms with van der Waals surface area (Å²) in [6.07, 6.45) is 5.61. The maximum atomic E-state index is 4.55. The number of rotatable bonds is 3. The van der Waals surface area contributed by atoms with E-state index in [-0.39, 0.29) is 11.0 Å². The number of pyridine rings is 1. The summed E-state index contributed by atoms with van der Waals surface area (Å²) in [5.74, 6) is 2.76. The smallest absolute Gasteiger partial charge is 0.194 e. The molecule has 134 valence electrons. The number of guanidine groups is 1. The van der Waals surface area contributed by atoms with Crippen LogP contribution in [0.25, 0.3) is 5.82 Å². The van der Waals surface area contributed by atoms with E-state index in [1.165, 1.54) is 0 Å². The molecule has 0 bridgehead atoms. The lowest BCUT2D eigenvalue weighted by atomic mass is 9.65. The Bertz CT molecular complexity index is 769. The second-order valence-electron chi connectivity index (χ2n) is 7.80. The van der Waals surface area contributed by atoms with Crippen molar-refractivity contribution in [1.29, 1.82) is 0 Å². The third-order valence-corrected chi connectivity index (χ3v) is 5.68. The van der Waals surface area contributed by atoms with Gasteiger partial charge in [-0.3, -0.25) is 9.56 Å². The number of hydrogen-bond acceptors (Lipinski definition) is 3. The highest BCUT2D eigenvalue weighted by molar-refractivity contribution is 5.82. The molecule has 2 aromatic rings. The third-order valence-electron chi connectivity index (χ3n) is 5.68. The van der Waals surface area contributed by atoms with Crippen molar-refractivity contribution in [1.82, 2.24) is 24.8 Å². The molecule has 6 nitrogen and oxygen atoms in total. The number of aromatic nitrogens is 3. The molecule has 0 unspecified atom stereocenters. The molecule has 2 aromatic heterocycles. The number of aliphatic imine (C=N–C) groups is 1. The average molecular weight is 340 g/mol. The van der Waals surface area contributed by atoms with Gasteiger partial charge in [0, 0.05) is 49.7 Å². The summed E-state index contributed by atoms with van der Waals surface area (Å²) in [4.78, 5) is 15.6. The molecule has 25 heavy (non-hydrogen) atoms. The summed E-state index contributed by atoms with van der Waals surface area (Å²) < 4.78 is 1.97. The quantitative estimate of drug-likeness (QED) is 0.689.